The van der Waals surface area contributed by atoms with Crippen molar-refractivity contribution in [2.24, 2.45) is 14.1 Å². The van der Waals surface area contributed by atoms with Crippen molar-refractivity contribution in [1.29, 1.82) is 0 Å². The van der Waals surface area contributed by atoms with Crippen LogP contribution in [-0.2, 0) is 27.2 Å². The molecule has 1 N–H and O–H groups in total. The van der Waals surface area contributed by atoms with Crippen LogP contribution in [0.15, 0.2) is 85.1 Å². The Morgan fingerprint density at radius 2 is 1.18 bits per heavy atom. The highest BCUT2D eigenvalue weighted by Gasteiger charge is 2.14. The maximum absolute atomic E-state index is 12.7. The van der Waals surface area contributed by atoms with Crippen LogP contribution < -0.4 is 27.2 Å². The molecule has 268 valence electrons. The lowest BCUT2D eigenvalue weighted by Crippen LogP contribution is -2.39. The average Bonchev–Trinajstić information content (AvgIpc) is 3.10. The summed E-state index contributed by atoms with van der Waals surface area (Å²) in [4.78, 5) is 65.1. The quantitative estimate of drug-likeness (QED) is 0.198. The molecule has 51 heavy (non-hydrogen) atoms. The lowest BCUT2D eigenvalue weighted by Gasteiger charge is -2.11. The molecule has 0 aliphatic carbocycles. The van der Waals surface area contributed by atoms with Gasteiger partial charge in [0.2, 0.25) is 0 Å². The van der Waals surface area contributed by atoms with Gasteiger partial charge in [-0.25, -0.2) is 19.6 Å². The third-order valence-electron chi connectivity index (χ3n) is 7.37. The summed E-state index contributed by atoms with van der Waals surface area (Å²) in [6.07, 6.45) is 12.2. The third-order valence-corrected chi connectivity index (χ3v) is 8.22. The van der Waals surface area contributed by atoms with Gasteiger partial charge in [0.1, 0.15) is 28.5 Å². The molecule has 0 aliphatic rings. The summed E-state index contributed by atoms with van der Waals surface area (Å²) < 4.78 is 11.7. The molecular weight excluding hydrogens is 767 g/mol. The highest BCUT2D eigenvalue weighted by Crippen LogP contribution is 2.24. The van der Waals surface area contributed by atoms with Crippen LogP contribution in [0.4, 0.5) is 0 Å². The van der Waals surface area contributed by atoms with E-state index in [1.54, 1.807) is 44.7 Å². The number of aromatic hydroxyl groups is 1. The summed E-state index contributed by atoms with van der Waals surface area (Å²) in [7, 11) is 3.16. The predicted molar refractivity (Wildman–Crippen MR) is 200 cm³/mol. The molecule has 0 bridgehead atoms. The largest absolute Gasteiger partial charge is 0.506 e. The van der Waals surface area contributed by atoms with Crippen LogP contribution in [0.1, 0.15) is 39.5 Å². The molecule has 0 atom stereocenters. The molecule has 6 heterocycles. The molecule has 0 fully saturated rings. The van der Waals surface area contributed by atoms with Crippen LogP contribution in [0.5, 0.6) is 17.2 Å². The number of aromatic nitrogens is 8. The topological polar surface area (TPSA) is 169 Å². The number of hydrogen-bond donors (Lipinski definition) is 1. The second-order valence-electron chi connectivity index (χ2n) is 11.2. The van der Waals surface area contributed by atoms with Gasteiger partial charge < -0.3 is 9.84 Å². The first kappa shape index (κ1) is 38.9. The van der Waals surface area contributed by atoms with E-state index in [0.717, 1.165) is 30.2 Å². The van der Waals surface area contributed by atoms with Crippen LogP contribution in [0.3, 0.4) is 0 Å². The molecule has 6 rings (SSSR count). The van der Waals surface area contributed by atoms with Gasteiger partial charge in [0, 0.05) is 56.3 Å². The van der Waals surface area contributed by atoms with Crippen molar-refractivity contribution in [2.45, 2.75) is 52.6 Å². The van der Waals surface area contributed by atoms with E-state index in [1.807, 2.05) is 13.8 Å². The second kappa shape index (κ2) is 17.9. The average molecular weight is 803 g/mol. The molecule has 0 aliphatic heterocycles. The predicted octanol–water partition coefficient (Wildman–Crippen LogP) is 5.83. The Morgan fingerprint density at radius 3 is 1.67 bits per heavy atom. The maximum atomic E-state index is 12.7. The van der Waals surface area contributed by atoms with E-state index in [1.165, 1.54) is 49.1 Å². The zero-order chi connectivity index (χ0) is 37.2. The van der Waals surface area contributed by atoms with E-state index in [2.05, 4.69) is 35.9 Å². The fourth-order valence-corrected chi connectivity index (χ4v) is 5.63. The van der Waals surface area contributed by atoms with Gasteiger partial charge in [0.05, 0.1) is 39.4 Å². The summed E-state index contributed by atoms with van der Waals surface area (Å²) >= 11 is 14.7. The number of fused-ring (bicyclic) bond motifs is 2. The minimum atomic E-state index is -0.398. The summed E-state index contributed by atoms with van der Waals surface area (Å²) in [5, 5.41) is 11.1. The summed E-state index contributed by atoms with van der Waals surface area (Å²) in [5.74, 6) is 0.722. The molecule has 0 unspecified atom stereocenters. The van der Waals surface area contributed by atoms with Crippen molar-refractivity contribution in [1.82, 2.24) is 38.2 Å². The first-order chi connectivity index (χ1) is 24.4. The van der Waals surface area contributed by atoms with Crippen molar-refractivity contribution in [3.63, 3.8) is 0 Å². The van der Waals surface area contributed by atoms with E-state index in [9.17, 15) is 24.3 Å². The van der Waals surface area contributed by atoms with Gasteiger partial charge in [0.25, 0.3) is 11.1 Å². The Morgan fingerprint density at radius 1 is 0.686 bits per heavy atom. The number of nitrogens with zero attached hydrogens (tertiary/aromatic N) is 8. The number of aryl methyl sites for hydroxylation is 2. The van der Waals surface area contributed by atoms with E-state index >= 15 is 0 Å². The lowest BCUT2D eigenvalue weighted by atomic mass is 10.3. The molecule has 6 aromatic heterocycles. The third kappa shape index (κ3) is 9.68. The van der Waals surface area contributed by atoms with Crippen molar-refractivity contribution < 1.29 is 9.84 Å². The molecule has 14 nitrogen and oxygen atoms in total. The van der Waals surface area contributed by atoms with Crippen molar-refractivity contribution in [3.05, 3.63) is 118 Å². The van der Waals surface area contributed by atoms with Crippen molar-refractivity contribution >= 4 is 61.2 Å². The van der Waals surface area contributed by atoms with Crippen LogP contribution in [0, 0.1) is 0 Å². The Labute approximate surface area is 309 Å². The Hall–Kier alpha value is -4.86. The van der Waals surface area contributed by atoms with Crippen molar-refractivity contribution in [3.8, 4) is 17.2 Å². The van der Waals surface area contributed by atoms with Gasteiger partial charge in [-0.15, -0.1) is 0 Å². The highest BCUT2D eigenvalue weighted by atomic mass is 79.9. The van der Waals surface area contributed by atoms with Gasteiger partial charge in [-0.3, -0.25) is 37.8 Å². The standard InChI is InChI=1S/C17H17ClN4O3.C12H15N3O3.C5H3BrClN/c1-3-4-5-22-16(23)14-7-13(10-20-15(14)21(2)17(22)24)25-12-6-11(18)8-19-9-12;1-3-4-5-15-11(17)9-6-8(16)7-13-10(9)14(2)12(15)18;6-4-1-5(7)3-8-2-4/h6-10H,3-5H2,1-2H3;6-7,16H,3-5H2,1-2H3;1-3H. The van der Waals surface area contributed by atoms with Crippen molar-refractivity contribution in [2.75, 3.05) is 0 Å². The molecule has 0 saturated heterocycles. The second-order valence-corrected chi connectivity index (χ2v) is 13.0. The number of ether oxygens (including phenoxy) is 1. The van der Waals surface area contributed by atoms with Gasteiger partial charge >= 0.3 is 11.4 Å². The van der Waals surface area contributed by atoms with E-state index in [0.29, 0.717) is 45.7 Å². The first-order valence-electron chi connectivity index (χ1n) is 15.8. The normalized spacial score (nSPS) is 10.7. The lowest BCUT2D eigenvalue weighted by molar-refractivity contribution is 0.473. The Bertz CT molecular complexity index is 2390. The highest BCUT2D eigenvalue weighted by molar-refractivity contribution is 9.10. The van der Waals surface area contributed by atoms with E-state index in [-0.39, 0.29) is 33.7 Å². The number of pyridine rings is 4. The summed E-state index contributed by atoms with van der Waals surface area (Å²) in [6.45, 7) is 4.75. The van der Waals surface area contributed by atoms with Gasteiger partial charge in [-0.2, -0.15) is 0 Å². The Balaban J connectivity index is 0.000000194. The maximum Gasteiger partial charge on any atom is 0.332 e. The van der Waals surface area contributed by atoms with E-state index in [4.69, 9.17) is 27.9 Å². The zero-order valence-corrected chi connectivity index (χ0v) is 31.3. The molecule has 6 aromatic rings. The molecule has 0 saturated carbocycles. The number of rotatable bonds is 8. The van der Waals surface area contributed by atoms with Gasteiger partial charge in [-0.05, 0) is 47.0 Å². The SMILES string of the molecule is CCCCn1c(=O)c2cc(O)cnc2n(C)c1=O.CCCCn1c(=O)c2cc(Oc3cncc(Cl)c3)cnc2n(C)c1=O.Clc1cncc(Br)c1. The molecule has 0 amide bonds. The number of hydrogen-bond acceptors (Lipinski definition) is 10. The number of unbranched alkanes of at least 4 members (excludes halogenated alkanes) is 2. The fourth-order valence-electron chi connectivity index (χ4n) is 4.79. The van der Waals surface area contributed by atoms with Crippen LogP contribution in [0.2, 0.25) is 10.0 Å². The minimum absolute atomic E-state index is 0.0831. The molecule has 0 radical (unpaired) electrons. The summed E-state index contributed by atoms with van der Waals surface area (Å²) in [5.41, 5.74) is -0.904. The van der Waals surface area contributed by atoms with Crippen LogP contribution in [0.25, 0.3) is 22.1 Å². The molecular formula is C34H35BrCl2N8O6. The molecule has 0 aromatic carbocycles. The van der Waals surface area contributed by atoms with E-state index < -0.39 is 5.56 Å². The Kier molecular flexibility index (Phi) is 13.6. The van der Waals surface area contributed by atoms with Gasteiger partial charge in [-0.1, -0.05) is 49.9 Å². The minimum Gasteiger partial charge on any atom is -0.506 e. The van der Waals surface area contributed by atoms with Crippen LogP contribution >= 0.6 is 39.1 Å². The first-order valence-corrected chi connectivity index (χ1v) is 17.3. The zero-order valence-electron chi connectivity index (χ0n) is 28.2. The number of halogens is 3. The molecule has 17 heteroatoms. The fraction of sp³-hybridized carbons (Fsp3) is 0.294. The van der Waals surface area contributed by atoms with Crippen LogP contribution in [-0.4, -0.2) is 43.3 Å². The summed E-state index contributed by atoms with van der Waals surface area (Å²) in [6, 6.07) is 6.31. The van der Waals surface area contributed by atoms with Gasteiger partial charge in [0.15, 0.2) is 0 Å². The smallest absolute Gasteiger partial charge is 0.332 e. The molecule has 0 spiro atoms. The monoisotopic (exact) mass is 800 g/mol.